The van der Waals surface area contributed by atoms with Gasteiger partial charge in [0.15, 0.2) is 17.5 Å². The van der Waals surface area contributed by atoms with Crippen LogP contribution in [0.2, 0.25) is 0 Å². The number of nitrogens with one attached hydrogen (secondary N) is 1. The van der Waals surface area contributed by atoms with E-state index in [2.05, 4.69) is 15.5 Å². The summed E-state index contributed by atoms with van der Waals surface area (Å²) in [5.41, 5.74) is 10.2. The summed E-state index contributed by atoms with van der Waals surface area (Å²) in [4.78, 5) is 56.8. The zero-order valence-electron chi connectivity index (χ0n) is 14.0. The molecule has 0 saturated carbocycles. The number of amides is 3. The van der Waals surface area contributed by atoms with Gasteiger partial charge in [0.2, 0.25) is 0 Å². The Morgan fingerprint density at radius 3 is 2.76 bits per heavy atom. The Hall–Kier alpha value is -2.13. The minimum absolute atomic E-state index is 0. The number of carbonyl (C=O) groups excluding carboxylic acids is 3. The number of β-lactam (4-membered cyclic amide) rings is 1. The Bertz CT molecular complexity index is 918. The van der Waals surface area contributed by atoms with Crippen LogP contribution in [0.3, 0.4) is 0 Å². The topological polar surface area (TPSA) is 190 Å². The summed E-state index contributed by atoms with van der Waals surface area (Å²) < 4.78 is 0. The molecular formula is C14H15N6NaO6S2. The molecule has 1 fully saturated rings. The molecule has 0 radical (unpaired) electrons. The Labute approximate surface area is 194 Å². The number of anilines is 1. The minimum atomic E-state index is -1.22. The average Bonchev–Trinajstić information content (AvgIpc) is 3.07. The average molecular weight is 450 g/mol. The van der Waals surface area contributed by atoms with Gasteiger partial charge >= 0.3 is 35.5 Å². The number of fused-ring (bicyclic) bond motifs is 1. The number of hydrogen-bond acceptors (Lipinski definition) is 10. The van der Waals surface area contributed by atoms with Crippen molar-refractivity contribution in [2.75, 3.05) is 18.1 Å². The Kier molecular flexibility index (Phi) is 7.65. The number of oxime groups is 1. The van der Waals surface area contributed by atoms with Crippen molar-refractivity contribution in [1.82, 2.24) is 15.2 Å². The number of rotatable bonds is 7. The van der Waals surface area contributed by atoms with E-state index in [1.807, 2.05) is 0 Å². The van der Waals surface area contributed by atoms with Crippen molar-refractivity contribution in [3.63, 3.8) is 0 Å². The van der Waals surface area contributed by atoms with E-state index in [4.69, 9.17) is 16.3 Å². The van der Waals surface area contributed by atoms with E-state index >= 15 is 0 Å². The number of nitrogens with two attached hydrogens (primary N) is 2. The van der Waals surface area contributed by atoms with Crippen LogP contribution in [-0.4, -0.2) is 97.7 Å². The first-order valence-electron chi connectivity index (χ1n) is 7.68. The van der Waals surface area contributed by atoms with Crippen molar-refractivity contribution >= 4 is 87.2 Å². The zero-order chi connectivity index (χ0) is 20.4. The molecule has 0 unspecified atom stereocenters. The number of thiazole rings is 1. The summed E-state index contributed by atoms with van der Waals surface area (Å²) in [7, 11) is 0. The van der Waals surface area contributed by atoms with Crippen LogP contribution in [0.5, 0.6) is 0 Å². The van der Waals surface area contributed by atoms with Crippen molar-refractivity contribution in [2.24, 2.45) is 10.9 Å². The summed E-state index contributed by atoms with van der Waals surface area (Å²) in [5.74, 6) is -2.98. The molecule has 3 rings (SSSR count). The first-order chi connectivity index (χ1) is 13.3. The van der Waals surface area contributed by atoms with Crippen molar-refractivity contribution in [3.05, 3.63) is 22.8 Å². The van der Waals surface area contributed by atoms with E-state index in [1.54, 1.807) is 0 Å². The van der Waals surface area contributed by atoms with Gasteiger partial charge < -0.3 is 26.7 Å². The third-order valence-corrected chi connectivity index (χ3v) is 5.55. The maximum atomic E-state index is 12.6. The van der Waals surface area contributed by atoms with Gasteiger partial charge in [-0.15, -0.1) is 23.1 Å². The number of nitrogens with zero attached hydrogens (tertiary/aromatic N) is 3. The predicted molar refractivity (Wildman–Crippen MR) is 106 cm³/mol. The Morgan fingerprint density at radius 2 is 2.17 bits per heavy atom. The summed E-state index contributed by atoms with van der Waals surface area (Å²) >= 11 is 2.36. The molecule has 0 spiro atoms. The molecule has 1 aromatic heterocycles. The molecule has 3 heterocycles. The SMILES string of the molecule is NC(=O)CO/N=C(\C(=O)N[C@@H]1C(=O)N2C(C(=O)O)=CCS[C@H]12)c1csc(N)n1.[NaH]. The number of carboxylic acid groups (broad SMARTS) is 1. The van der Waals surface area contributed by atoms with Crippen LogP contribution in [0.4, 0.5) is 5.13 Å². The van der Waals surface area contributed by atoms with Crippen LogP contribution >= 0.6 is 23.1 Å². The molecule has 2 aliphatic heterocycles. The van der Waals surface area contributed by atoms with Crippen LogP contribution in [0.15, 0.2) is 22.3 Å². The molecule has 1 aromatic rings. The number of aliphatic carboxylic acids is 1. The van der Waals surface area contributed by atoms with E-state index in [0.717, 1.165) is 16.2 Å². The zero-order valence-corrected chi connectivity index (χ0v) is 15.7. The number of carboxylic acids is 1. The van der Waals surface area contributed by atoms with Crippen LogP contribution in [-0.2, 0) is 24.0 Å². The summed E-state index contributed by atoms with van der Waals surface area (Å²) in [6.07, 6.45) is 1.43. The number of hydrogen-bond donors (Lipinski definition) is 4. The second kappa shape index (κ2) is 9.58. The van der Waals surface area contributed by atoms with Crippen LogP contribution in [0.25, 0.3) is 0 Å². The van der Waals surface area contributed by atoms with Crippen molar-refractivity contribution in [3.8, 4) is 0 Å². The molecule has 29 heavy (non-hydrogen) atoms. The Balaban J connectivity index is 0.00000300. The van der Waals surface area contributed by atoms with Crippen molar-refractivity contribution in [2.45, 2.75) is 11.4 Å². The van der Waals surface area contributed by atoms with Crippen LogP contribution in [0.1, 0.15) is 5.69 Å². The third-order valence-electron chi connectivity index (χ3n) is 3.69. The monoisotopic (exact) mass is 450 g/mol. The molecule has 0 bridgehead atoms. The standard InChI is InChI=1S/C14H14N6O6S2.Na.H/c15-7(21)3-26-19-8(5-4-28-14(16)17-5)10(22)18-9-11(23)20-6(13(24)25)1-2-27-12(9)20;;/h1,4,9,12H,2-3H2,(H2,15,21)(H2,16,17)(H,18,22)(H,24,25);;/b19-8-;;/t9-,12-;;/m1../s1. The molecular weight excluding hydrogens is 435 g/mol. The van der Waals surface area contributed by atoms with E-state index < -0.39 is 41.7 Å². The fraction of sp³-hybridized carbons (Fsp3) is 0.286. The first-order valence-corrected chi connectivity index (χ1v) is 9.61. The van der Waals surface area contributed by atoms with E-state index in [0.29, 0.717) is 5.75 Å². The van der Waals surface area contributed by atoms with Gasteiger partial charge in [0.1, 0.15) is 22.8 Å². The van der Waals surface area contributed by atoms with Crippen molar-refractivity contribution < 1.29 is 29.1 Å². The molecule has 6 N–H and O–H groups in total. The summed E-state index contributed by atoms with van der Waals surface area (Å²) in [6.45, 7) is -0.558. The molecule has 0 aliphatic carbocycles. The van der Waals surface area contributed by atoms with Gasteiger partial charge in [-0.1, -0.05) is 5.16 Å². The van der Waals surface area contributed by atoms with E-state index in [9.17, 15) is 24.3 Å². The third kappa shape index (κ3) is 4.90. The fourth-order valence-electron chi connectivity index (χ4n) is 2.51. The van der Waals surface area contributed by atoms with Gasteiger partial charge in [0.05, 0.1) is 0 Å². The van der Waals surface area contributed by atoms with Gasteiger partial charge in [0.25, 0.3) is 17.7 Å². The van der Waals surface area contributed by atoms with Crippen molar-refractivity contribution in [1.29, 1.82) is 0 Å². The maximum absolute atomic E-state index is 12.6. The number of carbonyl (C=O) groups is 4. The predicted octanol–water partition coefficient (Wildman–Crippen LogP) is -2.35. The molecule has 0 aromatic carbocycles. The first kappa shape index (κ1) is 23.2. The van der Waals surface area contributed by atoms with Gasteiger partial charge in [-0.25, -0.2) is 9.78 Å². The quantitative estimate of drug-likeness (QED) is 0.152. The summed E-state index contributed by atoms with van der Waals surface area (Å²) in [5, 5.41) is 16.3. The molecule has 1 saturated heterocycles. The molecule has 12 nitrogen and oxygen atoms in total. The van der Waals surface area contributed by atoms with Gasteiger partial charge in [-0.3, -0.25) is 19.3 Å². The van der Waals surface area contributed by atoms with Crippen LogP contribution in [0, 0.1) is 0 Å². The van der Waals surface area contributed by atoms with Crippen LogP contribution < -0.4 is 16.8 Å². The van der Waals surface area contributed by atoms with Gasteiger partial charge in [-0.2, -0.15) is 0 Å². The number of aromatic nitrogens is 1. The Morgan fingerprint density at radius 1 is 1.45 bits per heavy atom. The molecule has 2 aliphatic rings. The van der Waals surface area contributed by atoms with E-state index in [-0.39, 0.29) is 51.8 Å². The van der Waals surface area contributed by atoms with E-state index in [1.165, 1.54) is 23.2 Å². The second-order valence-electron chi connectivity index (χ2n) is 5.53. The second-order valence-corrected chi connectivity index (χ2v) is 7.57. The molecule has 2 atom stereocenters. The number of thioether (sulfide) groups is 1. The number of primary amides is 1. The summed E-state index contributed by atoms with van der Waals surface area (Å²) in [6, 6.07) is -0.946. The molecule has 3 amide bonds. The molecule has 150 valence electrons. The number of nitrogen functional groups attached to an aromatic ring is 1. The van der Waals surface area contributed by atoms with Gasteiger partial charge in [0, 0.05) is 11.1 Å². The normalized spacial score (nSPS) is 20.6. The molecule has 15 heteroatoms. The van der Waals surface area contributed by atoms with Gasteiger partial charge in [-0.05, 0) is 6.08 Å². The fourth-order valence-corrected chi connectivity index (χ4v) is 4.25.